The zero-order valence-corrected chi connectivity index (χ0v) is 18.8. The fourth-order valence-electron chi connectivity index (χ4n) is 4.59. The molecule has 32 heavy (non-hydrogen) atoms. The molecule has 2 N–H and O–H groups in total. The smallest absolute Gasteiger partial charge is 0.268 e. The molecule has 3 aromatic rings. The summed E-state index contributed by atoms with van der Waals surface area (Å²) in [6, 6.07) is 17.6. The van der Waals surface area contributed by atoms with Gasteiger partial charge in [0.25, 0.3) is 5.91 Å². The van der Waals surface area contributed by atoms with Crippen molar-refractivity contribution in [2.75, 3.05) is 12.4 Å². The largest absolute Gasteiger partial charge is 0.381 e. The third-order valence-electron chi connectivity index (χ3n) is 6.34. The molecule has 2 amide bonds. The maximum Gasteiger partial charge on any atom is 0.268 e. The Bertz CT molecular complexity index is 1090. The highest BCUT2D eigenvalue weighted by Gasteiger charge is 2.27. The van der Waals surface area contributed by atoms with Crippen LogP contribution in [-0.4, -0.2) is 29.6 Å². The van der Waals surface area contributed by atoms with Crippen molar-refractivity contribution in [3.8, 4) is 0 Å². The highest BCUT2D eigenvalue weighted by Crippen LogP contribution is 2.28. The average Bonchev–Trinajstić information content (AvgIpc) is 3.21. The molecule has 0 spiro atoms. The standard InChI is InChI=1S/C26H31N3O3/c1-3-29-23-13-12-21(28-25(30)19-10-7-11-22(15-19)32-2)14-20(23)16-24(29)26(31)27-17-18-8-5-4-6-9-18/h4-6,8-9,12-14,16,19,22H,3,7,10-11,15,17H2,1-2H3,(H,27,31)(H,28,30). The number of anilines is 1. The zero-order valence-electron chi connectivity index (χ0n) is 18.8. The van der Waals surface area contributed by atoms with Gasteiger partial charge in [-0.25, -0.2) is 0 Å². The zero-order chi connectivity index (χ0) is 22.5. The number of carbonyl (C=O) groups is 2. The SMILES string of the molecule is CCn1c(C(=O)NCc2ccccc2)cc2cc(NC(=O)C3CCCC(OC)C3)ccc21. The number of nitrogens with one attached hydrogen (secondary N) is 2. The Morgan fingerprint density at radius 3 is 2.66 bits per heavy atom. The van der Waals surface area contributed by atoms with Gasteiger partial charge in [0.15, 0.2) is 0 Å². The lowest BCUT2D eigenvalue weighted by atomic mass is 9.86. The summed E-state index contributed by atoms with van der Waals surface area (Å²) in [7, 11) is 1.71. The van der Waals surface area contributed by atoms with Crippen LogP contribution < -0.4 is 10.6 Å². The number of hydrogen-bond acceptors (Lipinski definition) is 3. The van der Waals surface area contributed by atoms with Crippen molar-refractivity contribution >= 4 is 28.4 Å². The predicted molar refractivity (Wildman–Crippen MR) is 127 cm³/mol. The fraction of sp³-hybridized carbons (Fsp3) is 0.385. The molecule has 0 bridgehead atoms. The number of nitrogens with zero attached hydrogens (tertiary/aromatic N) is 1. The van der Waals surface area contributed by atoms with E-state index in [0.29, 0.717) is 18.8 Å². The van der Waals surface area contributed by atoms with E-state index in [1.807, 2.05) is 66.1 Å². The minimum Gasteiger partial charge on any atom is -0.381 e. The van der Waals surface area contributed by atoms with Crippen LogP contribution in [0.25, 0.3) is 10.9 Å². The summed E-state index contributed by atoms with van der Waals surface area (Å²) >= 11 is 0. The van der Waals surface area contributed by atoms with E-state index in [1.165, 1.54) is 0 Å². The molecule has 1 aliphatic rings. The summed E-state index contributed by atoms with van der Waals surface area (Å²) in [4.78, 5) is 25.7. The van der Waals surface area contributed by atoms with Gasteiger partial charge in [0, 0.05) is 42.7 Å². The third-order valence-corrected chi connectivity index (χ3v) is 6.34. The average molecular weight is 434 g/mol. The molecule has 1 heterocycles. The molecule has 2 unspecified atom stereocenters. The van der Waals surface area contributed by atoms with E-state index in [9.17, 15) is 9.59 Å². The number of aromatic nitrogens is 1. The summed E-state index contributed by atoms with van der Waals surface area (Å²) < 4.78 is 7.46. The molecule has 6 nitrogen and oxygen atoms in total. The maximum atomic E-state index is 12.9. The van der Waals surface area contributed by atoms with Gasteiger partial charge in [-0.1, -0.05) is 36.8 Å². The van der Waals surface area contributed by atoms with Crippen LogP contribution in [-0.2, 0) is 22.6 Å². The highest BCUT2D eigenvalue weighted by molar-refractivity contribution is 6.00. The van der Waals surface area contributed by atoms with E-state index in [1.54, 1.807) is 7.11 Å². The number of rotatable bonds is 7. The number of benzene rings is 2. The number of aryl methyl sites for hydroxylation is 1. The van der Waals surface area contributed by atoms with Crippen molar-refractivity contribution < 1.29 is 14.3 Å². The Morgan fingerprint density at radius 1 is 1.09 bits per heavy atom. The van der Waals surface area contributed by atoms with Gasteiger partial charge >= 0.3 is 0 Å². The number of fused-ring (bicyclic) bond motifs is 1. The molecule has 1 aromatic heterocycles. The van der Waals surface area contributed by atoms with Crippen LogP contribution in [0, 0.1) is 5.92 Å². The van der Waals surface area contributed by atoms with Crippen molar-refractivity contribution in [2.24, 2.45) is 5.92 Å². The lowest BCUT2D eigenvalue weighted by Gasteiger charge is -2.27. The Hall–Kier alpha value is -3.12. The van der Waals surface area contributed by atoms with E-state index in [0.717, 1.165) is 47.8 Å². The van der Waals surface area contributed by atoms with Crippen molar-refractivity contribution in [3.05, 3.63) is 65.9 Å². The second kappa shape index (κ2) is 10.0. The van der Waals surface area contributed by atoms with Gasteiger partial charge in [-0.15, -0.1) is 0 Å². The second-order valence-corrected chi connectivity index (χ2v) is 8.43. The van der Waals surface area contributed by atoms with E-state index in [4.69, 9.17) is 4.74 Å². The Morgan fingerprint density at radius 2 is 1.91 bits per heavy atom. The molecule has 0 saturated heterocycles. The first kappa shape index (κ1) is 22.1. The number of carbonyl (C=O) groups excluding carboxylic acids is 2. The molecular formula is C26H31N3O3. The molecule has 6 heteroatoms. The van der Waals surface area contributed by atoms with Gasteiger partial charge in [0.05, 0.1) is 6.10 Å². The van der Waals surface area contributed by atoms with Crippen molar-refractivity contribution in [2.45, 2.75) is 51.8 Å². The summed E-state index contributed by atoms with van der Waals surface area (Å²) in [5.74, 6) is -0.0869. The van der Waals surface area contributed by atoms with Crippen LogP contribution in [0.4, 0.5) is 5.69 Å². The quantitative estimate of drug-likeness (QED) is 0.566. The molecular weight excluding hydrogens is 402 g/mol. The van der Waals surface area contributed by atoms with Crippen LogP contribution in [0.15, 0.2) is 54.6 Å². The van der Waals surface area contributed by atoms with Crippen LogP contribution in [0.5, 0.6) is 0 Å². The molecule has 4 rings (SSSR count). The van der Waals surface area contributed by atoms with Crippen LogP contribution in [0.1, 0.15) is 48.7 Å². The van der Waals surface area contributed by atoms with Gasteiger partial charge in [-0.05, 0) is 56.0 Å². The van der Waals surface area contributed by atoms with Gasteiger partial charge in [0.2, 0.25) is 5.91 Å². The Labute approximate surface area is 188 Å². The van der Waals surface area contributed by atoms with E-state index in [-0.39, 0.29) is 23.8 Å². The van der Waals surface area contributed by atoms with Crippen molar-refractivity contribution in [3.63, 3.8) is 0 Å². The molecule has 2 aromatic carbocycles. The van der Waals surface area contributed by atoms with Crippen LogP contribution in [0.2, 0.25) is 0 Å². The number of ether oxygens (including phenoxy) is 1. The van der Waals surface area contributed by atoms with E-state index >= 15 is 0 Å². The maximum absolute atomic E-state index is 12.9. The number of amides is 2. The Balaban J connectivity index is 1.49. The fourth-order valence-corrected chi connectivity index (χ4v) is 4.59. The first-order valence-corrected chi connectivity index (χ1v) is 11.4. The van der Waals surface area contributed by atoms with Crippen LogP contribution in [0.3, 0.4) is 0 Å². The molecule has 1 saturated carbocycles. The van der Waals surface area contributed by atoms with Gasteiger partial charge in [0.1, 0.15) is 5.69 Å². The second-order valence-electron chi connectivity index (χ2n) is 8.43. The number of hydrogen-bond donors (Lipinski definition) is 2. The first-order chi connectivity index (χ1) is 15.6. The van der Waals surface area contributed by atoms with E-state index in [2.05, 4.69) is 10.6 Å². The molecule has 1 fully saturated rings. The summed E-state index contributed by atoms with van der Waals surface area (Å²) in [6.07, 6.45) is 3.86. The van der Waals surface area contributed by atoms with Crippen LogP contribution >= 0.6 is 0 Å². The van der Waals surface area contributed by atoms with Gasteiger partial charge < -0.3 is 19.9 Å². The molecule has 0 radical (unpaired) electrons. The van der Waals surface area contributed by atoms with Crippen molar-refractivity contribution in [1.82, 2.24) is 9.88 Å². The molecule has 1 aliphatic carbocycles. The molecule has 0 aliphatic heterocycles. The number of methoxy groups -OCH3 is 1. The van der Waals surface area contributed by atoms with Gasteiger partial charge in [-0.2, -0.15) is 0 Å². The van der Waals surface area contributed by atoms with E-state index < -0.39 is 0 Å². The summed E-state index contributed by atoms with van der Waals surface area (Å²) in [5, 5.41) is 7.01. The monoisotopic (exact) mass is 433 g/mol. The summed E-state index contributed by atoms with van der Waals surface area (Å²) in [5.41, 5.74) is 3.42. The third kappa shape index (κ3) is 4.86. The summed E-state index contributed by atoms with van der Waals surface area (Å²) in [6.45, 7) is 3.19. The minimum absolute atomic E-state index is 0.0241. The van der Waals surface area contributed by atoms with Crippen molar-refractivity contribution in [1.29, 1.82) is 0 Å². The molecule has 2 atom stereocenters. The topological polar surface area (TPSA) is 72.4 Å². The lowest BCUT2D eigenvalue weighted by molar-refractivity contribution is -0.122. The highest BCUT2D eigenvalue weighted by atomic mass is 16.5. The Kier molecular flexibility index (Phi) is 6.90. The molecule has 168 valence electrons. The van der Waals surface area contributed by atoms with Gasteiger partial charge in [-0.3, -0.25) is 9.59 Å². The minimum atomic E-state index is -0.106. The first-order valence-electron chi connectivity index (χ1n) is 11.4. The predicted octanol–water partition coefficient (Wildman–Crippen LogP) is 4.73. The normalized spacial score (nSPS) is 18.4. The lowest BCUT2D eigenvalue weighted by Crippen LogP contribution is -2.30.